The Morgan fingerprint density at radius 2 is 1.69 bits per heavy atom. The van der Waals surface area contributed by atoms with Crippen LogP contribution in [0.15, 0.2) is 30.5 Å². The van der Waals surface area contributed by atoms with Crippen LogP contribution in [0.5, 0.6) is 0 Å². The number of rotatable bonds is 5. The number of pyridine rings is 2. The van der Waals surface area contributed by atoms with Crippen molar-refractivity contribution in [2.24, 2.45) is 0 Å². The number of halogens is 6. The van der Waals surface area contributed by atoms with Gasteiger partial charge in [0.25, 0.3) is 0 Å². The second kappa shape index (κ2) is 8.95. The summed E-state index contributed by atoms with van der Waals surface area (Å²) in [6.45, 7) is 3.33. The first-order valence-electron chi connectivity index (χ1n) is 10.4. The summed E-state index contributed by atoms with van der Waals surface area (Å²) in [6.07, 6.45) is -7.45. The Morgan fingerprint density at radius 1 is 0.971 bits per heavy atom. The van der Waals surface area contributed by atoms with E-state index < -0.39 is 28.6 Å². The number of aromatic nitrogens is 4. The molecule has 4 rings (SSSR count). The van der Waals surface area contributed by atoms with Crippen LogP contribution in [0.4, 0.5) is 43.7 Å². The zero-order chi connectivity index (χ0) is 25.5. The molecule has 3 N–H and O–H groups in total. The van der Waals surface area contributed by atoms with E-state index in [0.29, 0.717) is 22.2 Å². The van der Waals surface area contributed by atoms with Crippen LogP contribution in [0.25, 0.3) is 22.2 Å². The third-order valence-corrected chi connectivity index (χ3v) is 6.22. The molecule has 6 nitrogen and oxygen atoms in total. The molecule has 0 spiro atoms. The van der Waals surface area contributed by atoms with Gasteiger partial charge in [0.05, 0.1) is 11.2 Å². The van der Waals surface area contributed by atoms with Gasteiger partial charge in [-0.15, -0.1) is 5.10 Å². The van der Waals surface area contributed by atoms with Gasteiger partial charge in [-0.3, -0.25) is 4.98 Å². The highest BCUT2D eigenvalue weighted by Crippen LogP contribution is 2.41. The minimum atomic E-state index is -4.65. The molecular formula is C22H18F6N6S. The van der Waals surface area contributed by atoms with E-state index in [9.17, 15) is 26.3 Å². The summed E-state index contributed by atoms with van der Waals surface area (Å²) in [5, 5.41) is 7.19. The van der Waals surface area contributed by atoms with Gasteiger partial charge in [0.2, 0.25) is 0 Å². The minimum Gasteiger partial charge on any atom is -0.383 e. The molecule has 3 heterocycles. The van der Waals surface area contributed by atoms with Gasteiger partial charge in [0.15, 0.2) is 4.88 Å². The van der Waals surface area contributed by atoms with Gasteiger partial charge in [-0.25, -0.2) is 4.98 Å². The van der Waals surface area contributed by atoms with Crippen LogP contribution in [0.3, 0.4) is 0 Å². The normalized spacial score (nSPS) is 12.3. The lowest BCUT2D eigenvalue weighted by molar-refractivity contribution is -0.137. The van der Waals surface area contributed by atoms with Gasteiger partial charge in [0, 0.05) is 17.1 Å². The minimum absolute atomic E-state index is 0.0614. The highest BCUT2D eigenvalue weighted by molar-refractivity contribution is 7.06. The monoisotopic (exact) mass is 512 g/mol. The van der Waals surface area contributed by atoms with E-state index in [1.807, 2.05) is 0 Å². The molecule has 0 atom stereocenters. The van der Waals surface area contributed by atoms with Crippen molar-refractivity contribution in [2.45, 2.75) is 39.0 Å². The summed E-state index contributed by atoms with van der Waals surface area (Å²) in [5.41, 5.74) is 5.89. The van der Waals surface area contributed by atoms with Crippen molar-refractivity contribution >= 4 is 39.8 Å². The summed E-state index contributed by atoms with van der Waals surface area (Å²) in [7, 11) is 0. The summed E-state index contributed by atoms with van der Waals surface area (Å²) >= 11 is 0.254. The molecule has 0 aliphatic rings. The fourth-order valence-corrected chi connectivity index (χ4v) is 4.53. The number of alkyl halides is 6. The molecule has 0 saturated carbocycles. The molecule has 0 unspecified atom stereocenters. The van der Waals surface area contributed by atoms with Crippen LogP contribution >= 0.6 is 11.5 Å². The molecule has 4 aromatic rings. The van der Waals surface area contributed by atoms with Crippen molar-refractivity contribution in [1.82, 2.24) is 19.6 Å². The molecule has 0 fully saturated rings. The Kier molecular flexibility index (Phi) is 6.30. The van der Waals surface area contributed by atoms with Gasteiger partial charge in [0.1, 0.15) is 22.9 Å². The van der Waals surface area contributed by atoms with E-state index >= 15 is 0 Å². The number of nitrogens with zero attached hydrogens (tertiary/aromatic N) is 4. The lowest BCUT2D eigenvalue weighted by atomic mass is 9.97. The number of anilines is 3. The second-order valence-electron chi connectivity index (χ2n) is 7.55. The zero-order valence-corrected chi connectivity index (χ0v) is 19.2. The zero-order valence-electron chi connectivity index (χ0n) is 18.3. The van der Waals surface area contributed by atoms with Crippen LogP contribution in [-0.2, 0) is 25.2 Å². The number of hydrogen-bond donors (Lipinski definition) is 2. The lowest BCUT2D eigenvalue weighted by Crippen LogP contribution is -2.17. The summed E-state index contributed by atoms with van der Waals surface area (Å²) < 4.78 is 84.1. The van der Waals surface area contributed by atoms with E-state index in [1.165, 1.54) is 18.3 Å². The molecule has 1 aromatic carbocycles. The molecule has 35 heavy (non-hydrogen) atoms. The maximum absolute atomic E-state index is 13.6. The topological polar surface area (TPSA) is 89.6 Å². The number of benzene rings is 1. The number of fused-ring (bicyclic) bond motifs is 1. The van der Waals surface area contributed by atoms with Crippen molar-refractivity contribution in [1.29, 1.82) is 0 Å². The second-order valence-corrected chi connectivity index (χ2v) is 8.30. The van der Waals surface area contributed by atoms with Gasteiger partial charge in [-0.1, -0.05) is 30.5 Å². The Labute approximate surface area is 199 Å². The predicted octanol–water partition coefficient (Wildman–Crippen LogP) is 6.64. The quantitative estimate of drug-likeness (QED) is 0.292. The van der Waals surface area contributed by atoms with Crippen molar-refractivity contribution in [3.63, 3.8) is 0 Å². The summed E-state index contributed by atoms with van der Waals surface area (Å²) in [5.74, 6) is -0.458. The highest BCUT2D eigenvalue weighted by atomic mass is 32.1. The van der Waals surface area contributed by atoms with Gasteiger partial charge < -0.3 is 11.1 Å². The first-order chi connectivity index (χ1) is 16.5. The van der Waals surface area contributed by atoms with Crippen molar-refractivity contribution < 1.29 is 26.3 Å². The Hall–Kier alpha value is -3.48. The summed E-state index contributed by atoms with van der Waals surface area (Å²) in [4.78, 5) is 7.31. The van der Waals surface area contributed by atoms with E-state index in [-0.39, 0.29) is 47.0 Å². The molecule has 0 amide bonds. The fourth-order valence-electron chi connectivity index (χ4n) is 3.98. The molecule has 13 heteroatoms. The van der Waals surface area contributed by atoms with Gasteiger partial charge in [-0.05, 0) is 47.6 Å². The van der Waals surface area contributed by atoms with Crippen molar-refractivity contribution in [3.8, 4) is 11.3 Å². The van der Waals surface area contributed by atoms with E-state index in [1.54, 1.807) is 26.0 Å². The van der Waals surface area contributed by atoms with E-state index in [0.717, 1.165) is 0 Å². The SMILES string of the molecule is CCc1c(Nc2ccnc3cc(-c4nnsc4C(F)(F)F)ccc23)nc(N)c(C(F)(F)F)c1CC. The lowest BCUT2D eigenvalue weighted by Gasteiger charge is -2.21. The van der Waals surface area contributed by atoms with Crippen molar-refractivity contribution in [2.75, 3.05) is 11.1 Å². The number of hydrogen-bond acceptors (Lipinski definition) is 7. The molecule has 0 radical (unpaired) electrons. The average molecular weight is 512 g/mol. The number of nitrogens with one attached hydrogen (secondary N) is 1. The van der Waals surface area contributed by atoms with Crippen LogP contribution in [0.2, 0.25) is 0 Å². The number of nitrogens with two attached hydrogens (primary N) is 1. The molecule has 0 aliphatic heterocycles. The third-order valence-electron chi connectivity index (χ3n) is 5.45. The highest BCUT2D eigenvalue weighted by Gasteiger charge is 2.38. The molecule has 184 valence electrons. The Bertz CT molecular complexity index is 1400. The molecule has 0 saturated heterocycles. The van der Waals surface area contributed by atoms with E-state index in [4.69, 9.17) is 5.73 Å². The standard InChI is InChI=1S/C22H18F6N6S/c1-3-11-12(4-2)20(32-19(29)16(11)21(23,24)25)31-14-7-8-30-15-9-10(5-6-13(14)15)17-18(22(26,27)28)35-34-33-17/h5-9H,3-4H2,1-2H3,(H3,29,30,31,32). The predicted molar refractivity (Wildman–Crippen MR) is 121 cm³/mol. The first-order valence-corrected chi connectivity index (χ1v) is 11.2. The fraction of sp³-hybridized carbons (Fsp3) is 0.273. The molecular weight excluding hydrogens is 494 g/mol. The third kappa shape index (κ3) is 4.59. The maximum Gasteiger partial charge on any atom is 0.429 e. The van der Waals surface area contributed by atoms with Gasteiger partial charge >= 0.3 is 12.4 Å². The Balaban J connectivity index is 1.80. The molecule has 3 aromatic heterocycles. The van der Waals surface area contributed by atoms with Crippen LogP contribution in [0, 0.1) is 0 Å². The molecule has 0 aliphatic carbocycles. The maximum atomic E-state index is 13.6. The Morgan fingerprint density at radius 3 is 2.31 bits per heavy atom. The average Bonchev–Trinajstić information content (AvgIpc) is 3.28. The smallest absolute Gasteiger partial charge is 0.383 e. The first kappa shape index (κ1) is 24.6. The molecule has 0 bridgehead atoms. The largest absolute Gasteiger partial charge is 0.429 e. The summed E-state index contributed by atoms with van der Waals surface area (Å²) in [6, 6.07) is 6.04. The van der Waals surface area contributed by atoms with E-state index in [2.05, 4.69) is 24.9 Å². The van der Waals surface area contributed by atoms with Crippen LogP contribution in [0.1, 0.15) is 35.4 Å². The number of nitrogen functional groups attached to an aromatic ring is 1. The van der Waals surface area contributed by atoms with Crippen LogP contribution in [-0.4, -0.2) is 19.6 Å². The van der Waals surface area contributed by atoms with Crippen molar-refractivity contribution in [3.05, 3.63) is 52.0 Å². The van der Waals surface area contributed by atoms with Crippen LogP contribution < -0.4 is 11.1 Å². The van der Waals surface area contributed by atoms with Gasteiger partial charge in [-0.2, -0.15) is 26.3 Å².